The summed E-state index contributed by atoms with van der Waals surface area (Å²) in [6, 6.07) is 8.73. The van der Waals surface area contributed by atoms with Crippen LogP contribution in [0.25, 0.3) is 11.3 Å². The summed E-state index contributed by atoms with van der Waals surface area (Å²) in [5, 5.41) is 5.77. The molecule has 2 amide bonds. The van der Waals surface area contributed by atoms with Gasteiger partial charge in [0.15, 0.2) is 0 Å². The zero-order valence-corrected chi connectivity index (χ0v) is 23.1. The van der Waals surface area contributed by atoms with E-state index in [9.17, 15) is 18.4 Å². The van der Waals surface area contributed by atoms with Crippen LogP contribution in [-0.2, 0) is 11.3 Å². The Labute approximate surface area is 230 Å². The first-order chi connectivity index (χ1) is 18.7. The van der Waals surface area contributed by atoms with Gasteiger partial charge >= 0.3 is 0 Å². The van der Waals surface area contributed by atoms with Crippen LogP contribution in [0.1, 0.15) is 35.3 Å². The molecule has 1 atom stereocenters. The number of aryl methyl sites for hydroxylation is 1. The Balaban J connectivity index is 1.56. The molecule has 0 saturated carbocycles. The molecule has 0 aliphatic carbocycles. The van der Waals surface area contributed by atoms with Crippen molar-refractivity contribution in [2.75, 3.05) is 36.9 Å². The van der Waals surface area contributed by atoms with E-state index in [1.165, 1.54) is 7.05 Å². The number of piperazine rings is 1. The lowest BCUT2D eigenvalue weighted by molar-refractivity contribution is -0.131. The van der Waals surface area contributed by atoms with Gasteiger partial charge in [0.2, 0.25) is 11.9 Å². The predicted molar refractivity (Wildman–Crippen MR) is 148 cm³/mol. The number of halogens is 2. The number of nitrogens with zero attached hydrogens (tertiary/aromatic N) is 5. The minimum absolute atomic E-state index is 0.0556. The number of hydrogen-bond donors (Lipinski definition) is 2. The molecular formula is C27H31F2N7O2S. The van der Waals surface area contributed by atoms with Crippen LogP contribution in [0.15, 0.2) is 47.6 Å². The van der Waals surface area contributed by atoms with Gasteiger partial charge in [-0.1, -0.05) is 29.5 Å². The topological polar surface area (TPSA) is 103 Å². The standard InChI is InChI=1S/C27H31F2N7O2S/c1-16-5-8-23(39-26(28)29)19(11-16)12-31-24-21(25(38)30-4)6-7-22(34-24)20-13-32-27(33-14-20)35-9-10-36(18(3)37)17(2)15-35/h5-8,11,13-14,17,26H,9-10,12,15H2,1-4H3,(H,30,38)(H,31,34)/t17-/m1/s1. The molecule has 3 aromatic rings. The van der Waals surface area contributed by atoms with Crippen LogP contribution in [0.5, 0.6) is 0 Å². The van der Waals surface area contributed by atoms with Gasteiger partial charge in [-0.25, -0.2) is 15.0 Å². The maximum absolute atomic E-state index is 13.1. The second-order valence-corrected chi connectivity index (χ2v) is 10.3. The van der Waals surface area contributed by atoms with E-state index in [1.807, 2.05) is 29.7 Å². The van der Waals surface area contributed by atoms with Crippen LogP contribution in [0.2, 0.25) is 0 Å². The zero-order chi connectivity index (χ0) is 28.1. The molecule has 0 spiro atoms. The third-order valence-corrected chi connectivity index (χ3v) is 7.32. The van der Waals surface area contributed by atoms with Crippen molar-refractivity contribution in [1.29, 1.82) is 0 Å². The van der Waals surface area contributed by atoms with Crippen LogP contribution in [0.3, 0.4) is 0 Å². The van der Waals surface area contributed by atoms with E-state index in [1.54, 1.807) is 43.6 Å². The number of benzene rings is 1. The molecule has 1 saturated heterocycles. The van der Waals surface area contributed by atoms with Crippen molar-refractivity contribution in [3.05, 3.63) is 59.4 Å². The lowest BCUT2D eigenvalue weighted by Gasteiger charge is -2.39. The fraction of sp³-hybridized carbons (Fsp3) is 0.370. The highest BCUT2D eigenvalue weighted by atomic mass is 32.2. The molecular weight excluding hydrogens is 524 g/mol. The van der Waals surface area contributed by atoms with Crippen LogP contribution in [-0.4, -0.2) is 70.1 Å². The molecule has 206 valence electrons. The molecule has 3 heterocycles. The maximum atomic E-state index is 13.1. The van der Waals surface area contributed by atoms with Crippen molar-refractivity contribution in [1.82, 2.24) is 25.2 Å². The van der Waals surface area contributed by atoms with Crippen molar-refractivity contribution in [2.45, 2.75) is 44.0 Å². The number of aromatic nitrogens is 3. The number of thioether (sulfide) groups is 1. The fourth-order valence-electron chi connectivity index (χ4n) is 4.53. The van der Waals surface area contributed by atoms with E-state index >= 15 is 0 Å². The molecule has 0 radical (unpaired) electrons. The summed E-state index contributed by atoms with van der Waals surface area (Å²) < 4.78 is 26.2. The lowest BCUT2D eigenvalue weighted by Crippen LogP contribution is -2.53. The van der Waals surface area contributed by atoms with Gasteiger partial charge in [-0.3, -0.25) is 9.59 Å². The molecule has 1 aromatic carbocycles. The maximum Gasteiger partial charge on any atom is 0.288 e. The molecule has 4 rings (SSSR count). The number of nitrogens with one attached hydrogen (secondary N) is 2. The number of rotatable bonds is 8. The third-order valence-electron chi connectivity index (χ3n) is 6.49. The summed E-state index contributed by atoms with van der Waals surface area (Å²) in [4.78, 5) is 42.3. The van der Waals surface area contributed by atoms with E-state index in [2.05, 4.69) is 25.6 Å². The predicted octanol–water partition coefficient (Wildman–Crippen LogP) is 4.19. The van der Waals surface area contributed by atoms with Crippen molar-refractivity contribution >= 4 is 35.3 Å². The molecule has 39 heavy (non-hydrogen) atoms. The first-order valence-corrected chi connectivity index (χ1v) is 13.4. The minimum atomic E-state index is -2.54. The molecule has 1 aliphatic rings. The highest BCUT2D eigenvalue weighted by Crippen LogP contribution is 2.30. The van der Waals surface area contributed by atoms with Gasteiger partial charge in [-0.15, -0.1) is 0 Å². The van der Waals surface area contributed by atoms with Crippen molar-refractivity contribution < 1.29 is 18.4 Å². The first-order valence-electron chi connectivity index (χ1n) is 12.5. The highest BCUT2D eigenvalue weighted by molar-refractivity contribution is 7.99. The van der Waals surface area contributed by atoms with Crippen LogP contribution >= 0.6 is 11.8 Å². The normalized spacial score (nSPS) is 15.4. The minimum Gasteiger partial charge on any atom is -0.365 e. The van der Waals surface area contributed by atoms with E-state index in [-0.39, 0.29) is 24.4 Å². The average Bonchev–Trinajstić information content (AvgIpc) is 2.92. The summed E-state index contributed by atoms with van der Waals surface area (Å²) in [5.74, 6) is -1.93. The number of carbonyl (C=O) groups is 2. The van der Waals surface area contributed by atoms with Gasteiger partial charge in [-0.2, -0.15) is 8.78 Å². The monoisotopic (exact) mass is 555 g/mol. The second-order valence-electron chi connectivity index (χ2n) is 9.29. The molecule has 0 unspecified atom stereocenters. The lowest BCUT2D eigenvalue weighted by atomic mass is 10.1. The number of carbonyl (C=O) groups excluding carboxylic acids is 2. The van der Waals surface area contributed by atoms with Gasteiger partial charge in [0.05, 0.1) is 11.3 Å². The largest absolute Gasteiger partial charge is 0.365 e. The Hall–Kier alpha value is -3.80. The van der Waals surface area contributed by atoms with E-state index in [4.69, 9.17) is 0 Å². The van der Waals surface area contributed by atoms with Gasteiger partial charge in [0, 0.05) is 69.0 Å². The van der Waals surface area contributed by atoms with Crippen LogP contribution in [0.4, 0.5) is 20.5 Å². The number of hydrogen-bond acceptors (Lipinski definition) is 8. The smallest absolute Gasteiger partial charge is 0.288 e. The van der Waals surface area contributed by atoms with E-state index < -0.39 is 5.76 Å². The third kappa shape index (κ3) is 6.80. The molecule has 1 fully saturated rings. The van der Waals surface area contributed by atoms with Crippen LogP contribution in [0, 0.1) is 6.92 Å². The Morgan fingerprint density at radius 2 is 1.90 bits per heavy atom. The molecule has 9 nitrogen and oxygen atoms in total. The van der Waals surface area contributed by atoms with Gasteiger partial charge < -0.3 is 20.4 Å². The van der Waals surface area contributed by atoms with Gasteiger partial charge in [0.1, 0.15) is 5.82 Å². The second kappa shape index (κ2) is 12.4. The highest BCUT2D eigenvalue weighted by Gasteiger charge is 2.26. The number of alkyl halides is 2. The van der Waals surface area contributed by atoms with E-state index in [0.717, 1.165) is 5.56 Å². The Kier molecular flexibility index (Phi) is 8.95. The summed E-state index contributed by atoms with van der Waals surface area (Å²) >= 11 is 0.486. The SMILES string of the molecule is CNC(=O)c1ccc(-c2cnc(N3CCN(C(C)=O)[C@H](C)C3)nc2)nc1NCc1cc(C)ccc1SC(F)F. The first kappa shape index (κ1) is 28.2. The van der Waals surface area contributed by atoms with Crippen LogP contribution < -0.4 is 15.5 Å². The Bertz CT molecular complexity index is 1340. The molecule has 0 bridgehead atoms. The molecule has 2 N–H and O–H groups in total. The van der Waals surface area contributed by atoms with Gasteiger partial charge in [0.25, 0.3) is 11.7 Å². The summed E-state index contributed by atoms with van der Waals surface area (Å²) in [7, 11) is 1.53. The van der Waals surface area contributed by atoms with Crippen molar-refractivity contribution in [2.24, 2.45) is 0 Å². The summed E-state index contributed by atoms with van der Waals surface area (Å²) in [5.41, 5.74) is 3.16. The molecule has 1 aliphatic heterocycles. The van der Waals surface area contributed by atoms with Crippen molar-refractivity contribution in [3.63, 3.8) is 0 Å². The number of amides is 2. The zero-order valence-electron chi connectivity index (χ0n) is 22.2. The molecule has 12 heteroatoms. The molecule has 2 aromatic heterocycles. The number of anilines is 2. The summed E-state index contributed by atoms with van der Waals surface area (Å²) in [6.07, 6.45) is 3.35. The number of pyridine rings is 1. The summed E-state index contributed by atoms with van der Waals surface area (Å²) in [6.45, 7) is 7.56. The van der Waals surface area contributed by atoms with E-state index in [0.29, 0.717) is 70.4 Å². The Morgan fingerprint density at radius 3 is 2.54 bits per heavy atom. The quantitative estimate of drug-likeness (QED) is 0.399. The fourth-order valence-corrected chi connectivity index (χ4v) is 5.15. The average molecular weight is 556 g/mol. The van der Waals surface area contributed by atoms with Gasteiger partial charge in [-0.05, 0) is 37.6 Å². The Morgan fingerprint density at radius 1 is 1.15 bits per heavy atom. The van der Waals surface area contributed by atoms with Crippen molar-refractivity contribution in [3.8, 4) is 11.3 Å².